The van der Waals surface area contributed by atoms with Crippen LogP contribution in [0, 0.1) is 0 Å². The first-order chi connectivity index (χ1) is 11.2. The number of benzene rings is 1. The molecule has 1 saturated heterocycles. The molecule has 1 fully saturated rings. The predicted molar refractivity (Wildman–Crippen MR) is 92.5 cm³/mol. The average Bonchev–Trinajstić information content (AvgIpc) is 2.55. The Balaban J connectivity index is 2.33. The van der Waals surface area contributed by atoms with Crippen molar-refractivity contribution >= 4 is 15.9 Å². The zero-order valence-electron chi connectivity index (χ0n) is 14.7. The van der Waals surface area contributed by atoms with E-state index in [1.807, 2.05) is 27.7 Å². The van der Waals surface area contributed by atoms with Gasteiger partial charge in [0.1, 0.15) is 0 Å². The quantitative estimate of drug-likeness (QED) is 0.811. The highest BCUT2D eigenvalue weighted by molar-refractivity contribution is 7.89. The lowest BCUT2D eigenvalue weighted by Crippen LogP contribution is -2.42. The summed E-state index contributed by atoms with van der Waals surface area (Å²) in [6.07, 6.45) is 0. The third-order valence-corrected chi connectivity index (χ3v) is 5.93. The summed E-state index contributed by atoms with van der Waals surface area (Å²) in [4.78, 5) is 14.7. The molecule has 1 aromatic rings. The fraction of sp³-hybridized carbons (Fsp3) is 0.588. The van der Waals surface area contributed by atoms with Crippen molar-refractivity contribution in [1.82, 2.24) is 9.21 Å². The molecule has 1 aliphatic heterocycles. The van der Waals surface area contributed by atoms with Crippen molar-refractivity contribution in [3.05, 3.63) is 29.8 Å². The van der Waals surface area contributed by atoms with Crippen molar-refractivity contribution in [3.63, 3.8) is 0 Å². The van der Waals surface area contributed by atoms with Gasteiger partial charge in [-0.15, -0.1) is 0 Å². The molecule has 1 heterocycles. The Hall–Kier alpha value is -1.44. The molecule has 0 radical (unpaired) electrons. The van der Waals surface area contributed by atoms with Gasteiger partial charge < -0.3 is 9.64 Å². The summed E-state index contributed by atoms with van der Waals surface area (Å²) in [6.45, 7) is 9.27. The first-order valence-electron chi connectivity index (χ1n) is 8.25. The van der Waals surface area contributed by atoms with Crippen LogP contribution in [0.4, 0.5) is 0 Å². The van der Waals surface area contributed by atoms with Crippen LogP contribution in [0.15, 0.2) is 29.2 Å². The fourth-order valence-corrected chi connectivity index (χ4v) is 4.39. The Kier molecular flexibility index (Phi) is 6.01. The minimum absolute atomic E-state index is 0.0389. The van der Waals surface area contributed by atoms with Gasteiger partial charge >= 0.3 is 0 Å². The van der Waals surface area contributed by atoms with Crippen molar-refractivity contribution in [2.24, 2.45) is 0 Å². The molecule has 1 aliphatic rings. The number of morpholine rings is 1. The van der Waals surface area contributed by atoms with Crippen molar-refractivity contribution in [1.29, 1.82) is 0 Å². The SMILES string of the molecule is CC(C)N(C(=O)c1cccc(S(=O)(=O)N2CCOCC2)c1)C(C)C. The van der Waals surface area contributed by atoms with E-state index in [9.17, 15) is 13.2 Å². The molecule has 0 N–H and O–H groups in total. The highest BCUT2D eigenvalue weighted by Crippen LogP contribution is 2.20. The molecule has 0 bridgehead atoms. The highest BCUT2D eigenvalue weighted by Gasteiger charge is 2.28. The fourth-order valence-electron chi connectivity index (χ4n) is 2.94. The summed E-state index contributed by atoms with van der Waals surface area (Å²) in [5.41, 5.74) is 0.395. The molecule has 0 saturated carbocycles. The predicted octanol–water partition coefficient (Wildman–Crippen LogP) is 1.97. The second kappa shape index (κ2) is 7.63. The Bertz CT molecular complexity index is 672. The maximum atomic E-state index is 12.8. The Morgan fingerprint density at radius 2 is 1.71 bits per heavy atom. The molecule has 1 aromatic carbocycles. The number of ether oxygens (including phenoxy) is 1. The topological polar surface area (TPSA) is 66.9 Å². The van der Waals surface area contributed by atoms with Gasteiger partial charge in [-0.3, -0.25) is 4.79 Å². The van der Waals surface area contributed by atoms with Gasteiger partial charge in [0.15, 0.2) is 0 Å². The number of carbonyl (C=O) groups excluding carboxylic acids is 1. The first-order valence-corrected chi connectivity index (χ1v) is 9.69. The molecule has 24 heavy (non-hydrogen) atoms. The van der Waals surface area contributed by atoms with Crippen LogP contribution >= 0.6 is 0 Å². The van der Waals surface area contributed by atoms with Crippen LogP contribution in [0.1, 0.15) is 38.1 Å². The molecule has 2 rings (SSSR count). The van der Waals surface area contributed by atoms with Crippen molar-refractivity contribution in [2.45, 2.75) is 44.7 Å². The summed E-state index contributed by atoms with van der Waals surface area (Å²) in [7, 11) is -3.60. The minimum atomic E-state index is -3.60. The van der Waals surface area contributed by atoms with Crippen LogP contribution in [0.3, 0.4) is 0 Å². The molecule has 0 atom stereocenters. The monoisotopic (exact) mass is 354 g/mol. The average molecular weight is 354 g/mol. The molecule has 1 amide bonds. The Morgan fingerprint density at radius 1 is 1.12 bits per heavy atom. The highest BCUT2D eigenvalue weighted by atomic mass is 32.2. The van der Waals surface area contributed by atoms with E-state index in [2.05, 4.69) is 0 Å². The second-order valence-corrected chi connectivity index (χ2v) is 8.38. The number of hydrogen-bond acceptors (Lipinski definition) is 4. The van der Waals surface area contributed by atoms with Crippen LogP contribution in [0.25, 0.3) is 0 Å². The van der Waals surface area contributed by atoms with Crippen LogP contribution in [0.2, 0.25) is 0 Å². The third kappa shape index (κ3) is 3.96. The normalized spacial score (nSPS) is 16.6. The summed E-state index contributed by atoms with van der Waals surface area (Å²) in [6, 6.07) is 6.38. The van der Waals surface area contributed by atoms with E-state index in [-0.39, 0.29) is 22.9 Å². The van der Waals surface area contributed by atoms with E-state index in [0.29, 0.717) is 31.9 Å². The molecule has 7 heteroatoms. The van der Waals surface area contributed by atoms with Crippen LogP contribution in [-0.4, -0.2) is 61.9 Å². The van der Waals surface area contributed by atoms with Gasteiger partial charge in [-0.2, -0.15) is 4.31 Å². The molecular weight excluding hydrogens is 328 g/mol. The van der Waals surface area contributed by atoms with Gasteiger partial charge in [0, 0.05) is 30.7 Å². The van der Waals surface area contributed by atoms with Gasteiger partial charge in [-0.25, -0.2) is 8.42 Å². The molecule has 6 nitrogen and oxygen atoms in total. The maximum Gasteiger partial charge on any atom is 0.254 e. The zero-order chi connectivity index (χ0) is 17.9. The number of amides is 1. The van der Waals surface area contributed by atoms with E-state index in [1.165, 1.54) is 16.4 Å². The van der Waals surface area contributed by atoms with Gasteiger partial charge in [0.2, 0.25) is 10.0 Å². The molecule has 134 valence electrons. The lowest BCUT2D eigenvalue weighted by atomic mass is 10.1. The number of sulfonamides is 1. The maximum absolute atomic E-state index is 12.8. The van der Waals surface area contributed by atoms with Crippen molar-refractivity contribution in [3.8, 4) is 0 Å². The van der Waals surface area contributed by atoms with E-state index >= 15 is 0 Å². The molecule has 0 aromatic heterocycles. The standard InChI is InChI=1S/C17H26N2O4S/c1-13(2)19(14(3)4)17(20)15-6-5-7-16(12-15)24(21,22)18-8-10-23-11-9-18/h5-7,12-14H,8-11H2,1-4H3. The summed E-state index contributed by atoms with van der Waals surface area (Å²) in [5, 5.41) is 0. The number of carbonyl (C=O) groups is 1. The summed E-state index contributed by atoms with van der Waals surface area (Å²) >= 11 is 0. The second-order valence-electron chi connectivity index (χ2n) is 6.44. The van der Waals surface area contributed by atoms with Crippen LogP contribution in [0.5, 0.6) is 0 Å². The van der Waals surface area contributed by atoms with Crippen molar-refractivity contribution < 1.29 is 17.9 Å². The smallest absolute Gasteiger partial charge is 0.254 e. The van der Waals surface area contributed by atoms with E-state index < -0.39 is 10.0 Å². The Morgan fingerprint density at radius 3 is 2.25 bits per heavy atom. The lowest BCUT2D eigenvalue weighted by Gasteiger charge is -2.31. The first kappa shape index (κ1) is 18.9. The number of nitrogens with zero attached hydrogens (tertiary/aromatic N) is 2. The third-order valence-electron chi connectivity index (χ3n) is 4.04. The molecule has 0 aliphatic carbocycles. The van der Waals surface area contributed by atoms with Gasteiger partial charge in [0.05, 0.1) is 18.1 Å². The largest absolute Gasteiger partial charge is 0.379 e. The minimum Gasteiger partial charge on any atom is -0.379 e. The zero-order valence-corrected chi connectivity index (χ0v) is 15.5. The van der Waals surface area contributed by atoms with E-state index in [0.717, 1.165) is 0 Å². The summed E-state index contributed by atoms with van der Waals surface area (Å²) < 4.78 is 32.1. The van der Waals surface area contributed by atoms with Gasteiger partial charge in [0.25, 0.3) is 5.91 Å². The van der Waals surface area contributed by atoms with E-state index in [4.69, 9.17) is 4.74 Å². The summed E-state index contributed by atoms with van der Waals surface area (Å²) in [5.74, 6) is -0.154. The molecule has 0 unspecified atom stereocenters. The number of hydrogen-bond donors (Lipinski definition) is 0. The molecular formula is C17H26N2O4S. The van der Waals surface area contributed by atoms with Gasteiger partial charge in [-0.1, -0.05) is 6.07 Å². The van der Waals surface area contributed by atoms with Crippen LogP contribution in [-0.2, 0) is 14.8 Å². The van der Waals surface area contributed by atoms with Crippen LogP contribution < -0.4 is 0 Å². The number of rotatable bonds is 5. The van der Waals surface area contributed by atoms with Crippen molar-refractivity contribution in [2.75, 3.05) is 26.3 Å². The Labute approximate surface area is 144 Å². The van der Waals surface area contributed by atoms with Gasteiger partial charge in [-0.05, 0) is 45.9 Å². The van der Waals surface area contributed by atoms with E-state index in [1.54, 1.807) is 17.0 Å². The lowest BCUT2D eigenvalue weighted by molar-refractivity contribution is 0.0643. The molecule has 0 spiro atoms.